The van der Waals surface area contributed by atoms with Gasteiger partial charge < -0.3 is 10.6 Å². The molecule has 0 aliphatic carbocycles. The maximum Gasteiger partial charge on any atom is 0.282 e. The summed E-state index contributed by atoms with van der Waals surface area (Å²) in [5.41, 5.74) is 2.24. The maximum atomic E-state index is 12.2. The van der Waals surface area contributed by atoms with Crippen LogP contribution in [0.15, 0.2) is 72.8 Å². The smallest absolute Gasteiger partial charge is 0.282 e. The van der Waals surface area contributed by atoms with Gasteiger partial charge in [0.2, 0.25) is 0 Å². The number of hydrogen-bond donors (Lipinski definition) is 2. The van der Waals surface area contributed by atoms with Crippen molar-refractivity contribution in [2.75, 3.05) is 7.05 Å². The van der Waals surface area contributed by atoms with Crippen LogP contribution in [0.2, 0.25) is 0 Å². The molecule has 0 aliphatic heterocycles. The van der Waals surface area contributed by atoms with Gasteiger partial charge in [0.25, 0.3) is 5.91 Å². The lowest BCUT2D eigenvalue weighted by atomic mass is 10.0. The lowest BCUT2D eigenvalue weighted by Gasteiger charge is -2.14. The number of carbonyl (C=O) groups is 1. The summed E-state index contributed by atoms with van der Waals surface area (Å²) in [6.45, 7) is 0.762. The molecule has 3 aromatic rings. The second-order valence-electron chi connectivity index (χ2n) is 5.62. The summed E-state index contributed by atoms with van der Waals surface area (Å²) < 4.78 is 0. The Hall–Kier alpha value is -2.65. The number of quaternary nitrogens is 1. The van der Waals surface area contributed by atoms with Gasteiger partial charge in [-0.15, -0.1) is 0 Å². The molecule has 0 heterocycles. The van der Waals surface area contributed by atoms with E-state index in [-0.39, 0.29) is 11.9 Å². The first-order chi connectivity index (χ1) is 11.3. The molecule has 0 saturated carbocycles. The highest BCUT2D eigenvalue weighted by molar-refractivity contribution is 5.83. The molecule has 3 nitrogen and oxygen atoms in total. The van der Waals surface area contributed by atoms with E-state index < -0.39 is 0 Å². The predicted molar refractivity (Wildman–Crippen MR) is 92.8 cm³/mol. The van der Waals surface area contributed by atoms with Gasteiger partial charge in [0.1, 0.15) is 6.54 Å². The van der Waals surface area contributed by atoms with Crippen molar-refractivity contribution in [1.29, 1.82) is 0 Å². The van der Waals surface area contributed by atoms with Gasteiger partial charge >= 0.3 is 0 Å². The minimum Gasteiger partial charge on any atom is -0.354 e. The Kier molecular flexibility index (Phi) is 4.69. The molecule has 0 spiro atoms. The fraction of sp³-hybridized carbons (Fsp3) is 0.150. The molecule has 1 amide bonds. The summed E-state index contributed by atoms with van der Waals surface area (Å²) in [6, 6.07) is 24.4. The van der Waals surface area contributed by atoms with E-state index in [0.717, 1.165) is 12.1 Å². The lowest BCUT2D eigenvalue weighted by Crippen LogP contribution is -2.86. The maximum absolute atomic E-state index is 12.2. The Labute approximate surface area is 136 Å². The monoisotopic (exact) mass is 305 g/mol. The van der Waals surface area contributed by atoms with E-state index in [1.807, 2.05) is 42.5 Å². The van der Waals surface area contributed by atoms with E-state index in [1.165, 1.54) is 16.3 Å². The molecule has 3 heteroatoms. The largest absolute Gasteiger partial charge is 0.354 e. The van der Waals surface area contributed by atoms with E-state index in [9.17, 15) is 4.79 Å². The second-order valence-corrected chi connectivity index (χ2v) is 5.62. The van der Waals surface area contributed by atoms with Gasteiger partial charge in [-0.1, -0.05) is 66.7 Å². The fourth-order valence-electron chi connectivity index (χ4n) is 2.83. The molecule has 23 heavy (non-hydrogen) atoms. The number of nitrogens with two attached hydrogens (primary N) is 1. The van der Waals surface area contributed by atoms with Crippen LogP contribution in [-0.4, -0.2) is 13.0 Å². The van der Waals surface area contributed by atoms with Crippen LogP contribution in [-0.2, 0) is 11.3 Å². The molecule has 0 fully saturated rings. The fourth-order valence-corrected chi connectivity index (χ4v) is 2.83. The third-order valence-corrected chi connectivity index (χ3v) is 4.09. The Morgan fingerprint density at radius 2 is 1.65 bits per heavy atom. The molecule has 116 valence electrons. The third-order valence-electron chi connectivity index (χ3n) is 4.09. The molecular formula is C20H21N2O+. The highest BCUT2D eigenvalue weighted by atomic mass is 16.2. The van der Waals surface area contributed by atoms with Crippen LogP contribution in [0.25, 0.3) is 10.8 Å². The molecule has 0 bridgehead atoms. The molecule has 0 aliphatic rings. The van der Waals surface area contributed by atoms with E-state index in [0.29, 0.717) is 0 Å². The molecule has 3 aromatic carbocycles. The molecular weight excluding hydrogens is 284 g/mol. The Morgan fingerprint density at radius 1 is 0.957 bits per heavy atom. The average Bonchev–Trinajstić information content (AvgIpc) is 2.62. The van der Waals surface area contributed by atoms with E-state index in [4.69, 9.17) is 0 Å². The number of likely N-dealkylation sites (N-methyl/N-ethyl adjacent to an activating group) is 1. The van der Waals surface area contributed by atoms with Crippen molar-refractivity contribution in [2.45, 2.75) is 12.6 Å². The van der Waals surface area contributed by atoms with Crippen LogP contribution in [0.4, 0.5) is 0 Å². The molecule has 0 aromatic heterocycles. The first-order valence-electron chi connectivity index (χ1n) is 7.85. The topological polar surface area (TPSA) is 45.7 Å². The van der Waals surface area contributed by atoms with Gasteiger partial charge in [0.15, 0.2) is 6.04 Å². The summed E-state index contributed by atoms with van der Waals surface area (Å²) >= 11 is 0. The lowest BCUT2D eigenvalue weighted by molar-refractivity contribution is -0.698. The van der Waals surface area contributed by atoms with Gasteiger partial charge in [0.05, 0.1) is 0 Å². The van der Waals surface area contributed by atoms with Gasteiger partial charge in [0, 0.05) is 18.2 Å². The molecule has 1 atom stereocenters. The number of amides is 1. The van der Waals surface area contributed by atoms with E-state index >= 15 is 0 Å². The van der Waals surface area contributed by atoms with Crippen molar-refractivity contribution in [1.82, 2.24) is 5.32 Å². The Balaban J connectivity index is 1.78. The Bertz CT molecular complexity index is 799. The summed E-state index contributed by atoms with van der Waals surface area (Å²) in [5.74, 6) is 0.0250. The van der Waals surface area contributed by atoms with Gasteiger partial charge in [-0.3, -0.25) is 4.79 Å². The minimum absolute atomic E-state index is 0.0250. The zero-order chi connectivity index (χ0) is 16.1. The van der Waals surface area contributed by atoms with Crippen molar-refractivity contribution < 1.29 is 10.1 Å². The molecule has 3 rings (SSSR count). The third kappa shape index (κ3) is 3.58. The summed E-state index contributed by atoms with van der Waals surface area (Å²) in [7, 11) is 1.68. The van der Waals surface area contributed by atoms with Gasteiger partial charge in [-0.2, -0.15) is 0 Å². The van der Waals surface area contributed by atoms with Crippen molar-refractivity contribution in [3.8, 4) is 0 Å². The number of carbonyl (C=O) groups excluding carboxylic acids is 1. The SMILES string of the molecule is CNC(=O)C([NH2+]Cc1ccc2ccccc2c1)c1ccccc1. The standard InChI is InChI=1S/C20H20N2O/c1-21-20(23)19(17-8-3-2-4-9-17)22-14-15-11-12-16-7-5-6-10-18(16)13-15/h2-13,19,22H,14H2,1H3,(H,21,23)/p+1. The van der Waals surface area contributed by atoms with E-state index in [2.05, 4.69) is 41.0 Å². The highest BCUT2D eigenvalue weighted by Crippen LogP contribution is 2.15. The summed E-state index contributed by atoms with van der Waals surface area (Å²) in [4.78, 5) is 12.2. The molecule has 0 radical (unpaired) electrons. The van der Waals surface area contributed by atoms with Crippen LogP contribution < -0.4 is 10.6 Å². The first-order valence-corrected chi connectivity index (χ1v) is 7.85. The van der Waals surface area contributed by atoms with Crippen LogP contribution in [0.5, 0.6) is 0 Å². The molecule has 1 unspecified atom stereocenters. The van der Waals surface area contributed by atoms with Gasteiger partial charge in [-0.25, -0.2) is 0 Å². The molecule has 3 N–H and O–H groups in total. The van der Waals surface area contributed by atoms with Gasteiger partial charge in [-0.05, 0) is 16.8 Å². The zero-order valence-electron chi connectivity index (χ0n) is 13.2. The quantitative estimate of drug-likeness (QED) is 0.747. The minimum atomic E-state index is -0.229. The zero-order valence-corrected chi connectivity index (χ0v) is 13.2. The number of fused-ring (bicyclic) bond motifs is 1. The second kappa shape index (κ2) is 7.07. The number of benzene rings is 3. The van der Waals surface area contributed by atoms with Crippen LogP contribution in [0.3, 0.4) is 0 Å². The van der Waals surface area contributed by atoms with Crippen LogP contribution >= 0.6 is 0 Å². The molecule has 0 saturated heterocycles. The van der Waals surface area contributed by atoms with E-state index in [1.54, 1.807) is 7.05 Å². The predicted octanol–water partition coefficient (Wildman–Crippen LogP) is 2.39. The number of rotatable bonds is 5. The van der Waals surface area contributed by atoms with Crippen molar-refractivity contribution >= 4 is 16.7 Å². The highest BCUT2D eigenvalue weighted by Gasteiger charge is 2.22. The normalized spacial score (nSPS) is 12.0. The summed E-state index contributed by atoms with van der Waals surface area (Å²) in [5, 5.41) is 7.31. The number of hydrogen-bond acceptors (Lipinski definition) is 1. The summed E-state index contributed by atoms with van der Waals surface area (Å²) in [6.07, 6.45) is 0. The van der Waals surface area contributed by atoms with Crippen molar-refractivity contribution in [2.24, 2.45) is 0 Å². The van der Waals surface area contributed by atoms with Crippen LogP contribution in [0, 0.1) is 0 Å². The van der Waals surface area contributed by atoms with Crippen LogP contribution in [0.1, 0.15) is 17.2 Å². The average molecular weight is 305 g/mol. The first kappa shape index (κ1) is 15.3. The van der Waals surface area contributed by atoms with Crippen molar-refractivity contribution in [3.63, 3.8) is 0 Å². The number of nitrogens with one attached hydrogen (secondary N) is 1. The van der Waals surface area contributed by atoms with Crippen molar-refractivity contribution in [3.05, 3.63) is 83.9 Å². The Morgan fingerprint density at radius 3 is 2.39 bits per heavy atom.